The lowest BCUT2D eigenvalue weighted by atomic mass is 9.78. The second-order valence-corrected chi connectivity index (χ2v) is 5.82. The fraction of sp³-hybridized carbons (Fsp3) is 0.923. The lowest BCUT2D eigenvalue weighted by Crippen LogP contribution is -2.42. The first-order valence-corrected chi connectivity index (χ1v) is 6.60. The molecule has 1 aliphatic heterocycles. The van der Waals surface area contributed by atoms with Crippen LogP contribution < -0.4 is 11.1 Å². The Hall–Kier alpha value is -0.0400. The van der Waals surface area contributed by atoms with Crippen LogP contribution in [0.1, 0.15) is 40.5 Å². The van der Waals surface area contributed by atoms with Gasteiger partial charge in [-0.25, -0.2) is 0 Å². The lowest BCUT2D eigenvalue weighted by Gasteiger charge is -2.39. The van der Waals surface area contributed by atoms with Gasteiger partial charge in [-0.3, -0.25) is 4.99 Å². The normalized spacial score (nSPS) is 25.4. The van der Waals surface area contributed by atoms with Crippen LogP contribution in [-0.4, -0.2) is 31.8 Å². The van der Waals surface area contributed by atoms with Crippen molar-refractivity contribution in [2.75, 3.05) is 19.7 Å². The van der Waals surface area contributed by atoms with Crippen molar-refractivity contribution in [3.63, 3.8) is 0 Å². The van der Waals surface area contributed by atoms with E-state index in [1.54, 1.807) is 0 Å². The van der Waals surface area contributed by atoms with E-state index < -0.39 is 0 Å². The van der Waals surface area contributed by atoms with Crippen molar-refractivity contribution >= 4 is 29.9 Å². The molecule has 2 atom stereocenters. The van der Waals surface area contributed by atoms with E-state index in [0.29, 0.717) is 11.9 Å². The Morgan fingerprint density at radius 2 is 2.11 bits per heavy atom. The second-order valence-electron chi connectivity index (χ2n) is 5.82. The molecule has 0 radical (unpaired) electrons. The number of nitrogens with one attached hydrogen (secondary N) is 1. The lowest BCUT2D eigenvalue weighted by molar-refractivity contribution is -0.0823. The molecule has 1 aliphatic rings. The Bertz CT molecular complexity index is 263. The summed E-state index contributed by atoms with van der Waals surface area (Å²) in [5.41, 5.74) is 5.93. The minimum Gasteiger partial charge on any atom is -0.377 e. The molecule has 2 unspecified atom stereocenters. The van der Waals surface area contributed by atoms with Gasteiger partial charge < -0.3 is 15.8 Å². The molecule has 1 rings (SSSR count). The summed E-state index contributed by atoms with van der Waals surface area (Å²) in [5, 5.41) is 3.03. The highest BCUT2D eigenvalue weighted by atomic mass is 127. The van der Waals surface area contributed by atoms with Gasteiger partial charge in [0.05, 0.1) is 6.10 Å². The van der Waals surface area contributed by atoms with E-state index >= 15 is 0 Å². The first kappa shape index (κ1) is 18.0. The number of halogens is 1. The van der Waals surface area contributed by atoms with Crippen LogP contribution in [0.15, 0.2) is 4.99 Å². The number of nitrogens with zero attached hydrogens (tertiary/aromatic N) is 1. The topological polar surface area (TPSA) is 59.6 Å². The molecule has 0 amide bonds. The summed E-state index contributed by atoms with van der Waals surface area (Å²) in [7, 11) is 0. The number of nitrogens with two attached hydrogens (primary N) is 1. The molecule has 1 fully saturated rings. The van der Waals surface area contributed by atoms with Gasteiger partial charge in [-0.2, -0.15) is 0 Å². The van der Waals surface area contributed by atoms with Crippen molar-refractivity contribution < 1.29 is 4.74 Å². The Morgan fingerprint density at radius 1 is 1.44 bits per heavy atom. The predicted octanol–water partition coefficient (Wildman–Crippen LogP) is 2.37. The highest BCUT2D eigenvalue weighted by Gasteiger charge is 2.35. The number of rotatable bonds is 3. The molecular formula is C13H28IN3O. The summed E-state index contributed by atoms with van der Waals surface area (Å²) in [5.74, 6) is 1.03. The third-order valence-electron chi connectivity index (χ3n) is 3.15. The molecule has 4 nitrogen and oxygen atoms in total. The van der Waals surface area contributed by atoms with Crippen LogP contribution in [0.3, 0.4) is 0 Å². The quantitative estimate of drug-likeness (QED) is 0.456. The maximum atomic E-state index is 5.92. The van der Waals surface area contributed by atoms with E-state index in [-0.39, 0.29) is 35.5 Å². The highest BCUT2D eigenvalue weighted by molar-refractivity contribution is 14.0. The van der Waals surface area contributed by atoms with Crippen LogP contribution in [0, 0.1) is 11.3 Å². The second kappa shape index (κ2) is 8.19. The van der Waals surface area contributed by atoms with Gasteiger partial charge in [0, 0.05) is 25.6 Å². The van der Waals surface area contributed by atoms with E-state index in [1.165, 1.54) is 6.42 Å². The van der Waals surface area contributed by atoms with Crippen molar-refractivity contribution in [2.45, 2.75) is 46.6 Å². The van der Waals surface area contributed by atoms with E-state index in [4.69, 9.17) is 10.5 Å². The summed E-state index contributed by atoms with van der Waals surface area (Å²) < 4.78 is 5.92. The average molecular weight is 369 g/mol. The van der Waals surface area contributed by atoms with E-state index in [0.717, 1.165) is 26.1 Å². The SMILES string of the molecule is CCNC(N)=NCC1CCCOC1C(C)(C)C.I. The number of aliphatic imine (C=N–C) groups is 1. The van der Waals surface area contributed by atoms with Crippen LogP contribution in [0.4, 0.5) is 0 Å². The summed E-state index contributed by atoms with van der Waals surface area (Å²) in [6.45, 7) is 11.2. The van der Waals surface area contributed by atoms with Gasteiger partial charge in [-0.15, -0.1) is 24.0 Å². The van der Waals surface area contributed by atoms with Crippen molar-refractivity contribution in [1.29, 1.82) is 0 Å². The molecule has 0 aromatic heterocycles. The zero-order valence-electron chi connectivity index (χ0n) is 12.0. The first-order valence-electron chi connectivity index (χ1n) is 6.60. The predicted molar refractivity (Wildman–Crippen MR) is 87.5 cm³/mol. The molecule has 108 valence electrons. The van der Waals surface area contributed by atoms with E-state index in [2.05, 4.69) is 31.1 Å². The molecule has 0 aliphatic carbocycles. The maximum absolute atomic E-state index is 5.92. The van der Waals surface area contributed by atoms with Crippen LogP contribution in [0.5, 0.6) is 0 Å². The Balaban J connectivity index is 0.00000289. The maximum Gasteiger partial charge on any atom is 0.188 e. The van der Waals surface area contributed by atoms with Crippen molar-refractivity contribution in [2.24, 2.45) is 22.1 Å². The standard InChI is InChI=1S/C13H27N3O.HI/c1-5-15-12(14)16-9-10-7-6-8-17-11(10)13(2,3)4;/h10-11H,5-9H2,1-4H3,(H3,14,15,16);1H. The van der Waals surface area contributed by atoms with Crippen LogP contribution >= 0.6 is 24.0 Å². The molecule has 5 heteroatoms. The largest absolute Gasteiger partial charge is 0.377 e. The van der Waals surface area contributed by atoms with Gasteiger partial charge in [-0.1, -0.05) is 20.8 Å². The smallest absolute Gasteiger partial charge is 0.188 e. The number of guanidine groups is 1. The number of hydrogen-bond donors (Lipinski definition) is 2. The van der Waals surface area contributed by atoms with Crippen molar-refractivity contribution in [1.82, 2.24) is 5.32 Å². The average Bonchev–Trinajstić information content (AvgIpc) is 2.26. The summed E-state index contributed by atoms with van der Waals surface area (Å²) in [6, 6.07) is 0. The van der Waals surface area contributed by atoms with Gasteiger partial charge in [0.2, 0.25) is 0 Å². The minimum absolute atomic E-state index is 0. The Labute approximate surface area is 128 Å². The molecule has 0 aromatic carbocycles. The van der Waals surface area contributed by atoms with Gasteiger partial charge >= 0.3 is 0 Å². The van der Waals surface area contributed by atoms with Gasteiger partial charge in [-0.05, 0) is 25.2 Å². The molecular weight excluding hydrogens is 341 g/mol. The molecule has 0 spiro atoms. The molecule has 0 aromatic rings. The molecule has 3 N–H and O–H groups in total. The van der Waals surface area contributed by atoms with Crippen molar-refractivity contribution in [3.05, 3.63) is 0 Å². The molecule has 18 heavy (non-hydrogen) atoms. The van der Waals surface area contributed by atoms with Crippen LogP contribution in [0.2, 0.25) is 0 Å². The highest BCUT2D eigenvalue weighted by Crippen LogP contribution is 2.34. The summed E-state index contributed by atoms with van der Waals surface area (Å²) in [6.07, 6.45) is 2.60. The molecule has 1 saturated heterocycles. The third kappa shape index (κ3) is 5.73. The van der Waals surface area contributed by atoms with E-state index in [1.807, 2.05) is 6.92 Å². The fourth-order valence-corrected chi connectivity index (χ4v) is 2.44. The van der Waals surface area contributed by atoms with Crippen molar-refractivity contribution in [3.8, 4) is 0 Å². The number of hydrogen-bond acceptors (Lipinski definition) is 2. The molecule has 0 saturated carbocycles. The summed E-state index contributed by atoms with van der Waals surface area (Å²) >= 11 is 0. The van der Waals surface area contributed by atoms with E-state index in [9.17, 15) is 0 Å². The Kier molecular flexibility index (Phi) is 8.18. The zero-order valence-corrected chi connectivity index (χ0v) is 14.4. The Morgan fingerprint density at radius 3 is 2.67 bits per heavy atom. The van der Waals surface area contributed by atoms with Gasteiger partial charge in [0.25, 0.3) is 0 Å². The first-order chi connectivity index (χ1) is 7.95. The molecule has 1 heterocycles. The third-order valence-corrected chi connectivity index (χ3v) is 3.15. The minimum atomic E-state index is 0. The van der Waals surface area contributed by atoms with Crippen LogP contribution in [0.25, 0.3) is 0 Å². The van der Waals surface area contributed by atoms with Crippen LogP contribution in [-0.2, 0) is 4.74 Å². The number of ether oxygens (including phenoxy) is 1. The zero-order chi connectivity index (χ0) is 12.9. The molecule has 0 bridgehead atoms. The summed E-state index contributed by atoms with van der Waals surface area (Å²) in [4.78, 5) is 4.40. The monoisotopic (exact) mass is 369 g/mol. The van der Waals surface area contributed by atoms with Gasteiger partial charge in [0.1, 0.15) is 0 Å². The van der Waals surface area contributed by atoms with Gasteiger partial charge in [0.15, 0.2) is 5.96 Å². The fourth-order valence-electron chi connectivity index (χ4n) is 2.44.